The first kappa shape index (κ1) is 14.3. The monoisotopic (exact) mass is 285 g/mol. The first-order chi connectivity index (χ1) is 10.2. The van der Waals surface area contributed by atoms with Crippen molar-refractivity contribution >= 4 is 12.0 Å². The number of hydrogen-bond donors (Lipinski definition) is 1. The summed E-state index contributed by atoms with van der Waals surface area (Å²) >= 11 is 0. The standard InChI is InChI=1S/C18H23NO2/c20-18(21)10-9-16-3-1-2-4-17(16)13-19(11-14-5-6-14)12-15-7-8-15/h1-4,9-10,14-15H,5-8,11-13H2,(H,20,21). The second-order valence-corrected chi connectivity index (χ2v) is 6.45. The van der Waals surface area contributed by atoms with Crippen molar-refractivity contribution in [2.75, 3.05) is 13.1 Å². The molecule has 0 amide bonds. The predicted molar refractivity (Wildman–Crippen MR) is 83.8 cm³/mol. The molecule has 1 aromatic rings. The van der Waals surface area contributed by atoms with Gasteiger partial charge in [0.25, 0.3) is 0 Å². The van der Waals surface area contributed by atoms with Crippen LogP contribution in [0.2, 0.25) is 0 Å². The highest BCUT2D eigenvalue weighted by Gasteiger charge is 2.29. The van der Waals surface area contributed by atoms with Gasteiger partial charge in [-0.05, 0) is 54.7 Å². The van der Waals surface area contributed by atoms with Gasteiger partial charge in [-0.1, -0.05) is 24.3 Å². The van der Waals surface area contributed by atoms with E-state index >= 15 is 0 Å². The predicted octanol–water partition coefficient (Wildman–Crippen LogP) is 3.41. The van der Waals surface area contributed by atoms with Crippen molar-refractivity contribution < 1.29 is 9.90 Å². The van der Waals surface area contributed by atoms with Gasteiger partial charge in [0.15, 0.2) is 0 Å². The van der Waals surface area contributed by atoms with Crippen molar-refractivity contribution in [2.45, 2.75) is 32.2 Å². The van der Waals surface area contributed by atoms with E-state index in [4.69, 9.17) is 5.11 Å². The van der Waals surface area contributed by atoms with Crippen LogP contribution in [-0.2, 0) is 11.3 Å². The second-order valence-electron chi connectivity index (χ2n) is 6.45. The molecule has 3 heteroatoms. The first-order valence-electron chi connectivity index (χ1n) is 7.92. The molecule has 1 N–H and O–H groups in total. The van der Waals surface area contributed by atoms with Gasteiger partial charge in [0.05, 0.1) is 0 Å². The third-order valence-electron chi connectivity index (χ3n) is 4.28. The van der Waals surface area contributed by atoms with E-state index in [-0.39, 0.29) is 0 Å². The molecule has 3 rings (SSSR count). The van der Waals surface area contributed by atoms with Gasteiger partial charge in [-0.3, -0.25) is 4.90 Å². The van der Waals surface area contributed by atoms with E-state index in [0.29, 0.717) is 0 Å². The summed E-state index contributed by atoms with van der Waals surface area (Å²) in [6.07, 6.45) is 8.45. The maximum atomic E-state index is 10.7. The highest BCUT2D eigenvalue weighted by atomic mass is 16.4. The third kappa shape index (κ3) is 4.71. The number of aliphatic carboxylic acids is 1. The molecule has 2 fully saturated rings. The van der Waals surface area contributed by atoms with Crippen LogP contribution in [0.15, 0.2) is 30.3 Å². The van der Waals surface area contributed by atoms with Crippen LogP contribution in [0.3, 0.4) is 0 Å². The van der Waals surface area contributed by atoms with Gasteiger partial charge >= 0.3 is 5.97 Å². The fourth-order valence-corrected chi connectivity index (χ4v) is 2.78. The zero-order valence-electron chi connectivity index (χ0n) is 12.4. The van der Waals surface area contributed by atoms with Crippen molar-refractivity contribution in [1.82, 2.24) is 4.90 Å². The molecule has 0 unspecified atom stereocenters. The van der Waals surface area contributed by atoms with Crippen LogP contribution in [-0.4, -0.2) is 29.1 Å². The lowest BCUT2D eigenvalue weighted by molar-refractivity contribution is -0.131. The minimum Gasteiger partial charge on any atom is -0.478 e. The lowest BCUT2D eigenvalue weighted by atomic mass is 10.1. The molecule has 1 aromatic carbocycles. The molecule has 3 nitrogen and oxygen atoms in total. The molecule has 0 aliphatic heterocycles. The number of hydrogen-bond acceptors (Lipinski definition) is 2. The van der Waals surface area contributed by atoms with Gasteiger partial charge in [-0.2, -0.15) is 0 Å². The SMILES string of the molecule is O=C(O)C=Cc1ccccc1CN(CC1CC1)CC1CC1. The van der Waals surface area contributed by atoms with E-state index < -0.39 is 5.97 Å². The Morgan fingerprint density at radius 1 is 1.14 bits per heavy atom. The molecule has 0 spiro atoms. The van der Waals surface area contributed by atoms with Gasteiger partial charge in [0, 0.05) is 25.7 Å². The maximum Gasteiger partial charge on any atom is 0.328 e. The van der Waals surface area contributed by atoms with E-state index in [9.17, 15) is 4.79 Å². The van der Waals surface area contributed by atoms with Crippen LogP contribution in [0.25, 0.3) is 6.08 Å². The Hall–Kier alpha value is -1.61. The van der Waals surface area contributed by atoms with Crippen molar-refractivity contribution in [2.24, 2.45) is 11.8 Å². The summed E-state index contributed by atoms with van der Waals surface area (Å²) in [4.78, 5) is 13.3. The molecule has 0 saturated heterocycles. The number of carboxylic acid groups (broad SMARTS) is 1. The first-order valence-corrected chi connectivity index (χ1v) is 7.92. The van der Waals surface area contributed by atoms with Crippen molar-refractivity contribution in [3.05, 3.63) is 41.5 Å². The van der Waals surface area contributed by atoms with E-state index in [1.165, 1.54) is 50.4 Å². The highest BCUT2D eigenvalue weighted by Crippen LogP contribution is 2.34. The van der Waals surface area contributed by atoms with Crippen molar-refractivity contribution in [3.8, 4) is 0 Å². The number of nitrogens with zero attached hydrogens (tertiary/aromatic N) is 1. The van der Waals surface area contributed by atoms with E-state index in [0.717, 1.165) is 23.9 Å². The summed E-state index contributed by atoms with van der Waals surface area (Å²) in [5, 5.41) is 8.80. The second kappa shape index (κ2) is 6.44. The molecule has 0 atom stereocenters. The molecule has 2 saturated carbocycles. The van der Waals surface area contributed by atoms with E-state index in [2.05, 4.69) is 11.0 Å². The summed E-state index contributed by atoms with van der Waals surface area (Å²) in [5.41, 5.74) is 2.26. The average molecular weight is 285 g/mol. The molecule has 21 heavy (non-hydrogen) atoms. The quantitative estimate of drug-likeness (QED) is 0.744. The molecule has 2 aliphatic rings. The maximum absolute atomic E-state index is 10.7. The van der Waals surface area contributed by atoms with E-state index in [1.54, 1.807) is 6.08 Å². The third-order valence-corrected chi connectivity index (χ3v) is 4.28. The van der Waals surface area contributed by atoms with Crippen LogP contribution in [0.4, 0.5) is 0 Å². The number of carbonyl (C=O) groups is 1. The minimum atomic E-state index is -0.891. The van der Waals surface area contributed by atoms with Gasteiger partial charge in [0.2, 0.25) is 0 Å². The topological polar surface area (TPSA) is 40.5 Å². The smallest absolute Gasteiger partial charge is 0.328 e. The van der Waals surface area contributed by atoms with Gasteiger partial charge in [-0.15, -0.1) is 0 Å². The largest absolute Gasteiger partial charge is 0.478 e. The normalized spacial score (nSPS) is 18.5. The summed E-state index contributed by atoms with van der Waals surface area (Å²) in [6, 6.07) is 8.13. The fraction of sp³-hybridized carbons (Fsp3) is 0.500. The van der Waals surface area contributed by atoms with Gasteiger partial charge in [0.1, 0.15) is 0 Å². The van der Waals surface area contributed by atoms with E-state index in [1.807, 2.05) is 18.2 Å². The van der Waals surface area contributed by atoms with Crippen LogP contribution in [0.5, 0.6) is 0 Å². The van der Waals surface area contributed by atoms with Crippen LogP contribution in [0.1, 0.15) is 36.8 Å². The van der Waals surface area contributed by atoms with Gasteiger partial charge < -0.3 is 5.11 Å². The Balaban J connectivity index is 1.69. The summed E-state index contributed by atoms with van der Waals surface area (Å²) in [7, 11) is 0. The molecular weight excluding hydrogens is 262 g/mol. The van der Waals surface area contributed by atoms with Crippen LogP contribution >= 0.6 is 0 Å². The summed E-state index contributed by atoms with van der Waals surface area (Å²) in [6.45, 7) is 3.34. The molecule has 0 bridgehead atoms. The Morgan fingerprint density at radius 3 is 2.33 bits per heavy atom. The van der Waals surface area contributed by atoms with Gasteiger partial charge in [-0.25, -0.2) is 4.79 Å². The number of benzene rings is 1. The molecule has 0 radical (unpaired) electrons. The molecule has 0 aromatic heterocycles. The Morgan fingerprint density at radius 2 is 1.76 bits per heavy atom. The Labute approximate surface area is 126 Å². The Bertz CT molecular complexity index is 516. The highest BCUT2D eigenvalue weighted by molar-refractivity contribution is 5.85. The van der Waals surface area contributed by atoms with Crippen molar-refractivity contribution in [3.63, 3.8) is 0 Å². The molecule has 112 valence electrons. The molecule has 2 aliphatic carbocycles. The number of carboxylic acids is 1. The lowest BCUT2D eigenvalue weighted by Gasteiger charge is -2.23. The number of rotatable bonds is 8. The van der Waals surface area contributed by atoms with Crippen LogP contribution < -0.4 is 0 Å². The summed E-state index contributed by atoms with van der Waals surface area (Å²) in [5.74, 6) is 0.897. The lowest BCUT2D eigenvalue weighted by Crippen LogP contribution is -2.28. The summed E-state index contributed by atoms with van der Waals surface area (Å²) < 4.78 is 0. The van der Waals surface area contributed by atoms with Crippen molar-refractivity contribution in [1.29, 1.82) is 0 Å². The minimum absolute atomic E-state index is 0.891. The zero-order valence-corrected chi connectivity index (χ0v) is 12.4. The Kier molecular flexibility index (Phi) is 4.39. The molecular formula is C18H23NO2. The average Bonchev–Trinajstić information content (AvgIpc) is 3.34. The van der Waals surface area contributed by atoms with Crippen LogP contribution in [0, 0.1) is 11.8 Å². The zero-order chi connectivity index (χ0) is 14.7. The molecule has 0 heterocycles. The fourth-order valence-electron chi connectivity index (χ4n) is 2.78.